The molecule has 1 aromatic carbocycles. The van der Waals surface area contributed by atoms with E-state index in [9.17, 15) is 8.42 Å². The van der Waals surface area contributed by atoms with Crippen molar-refractivity contribution in [1.82, 2.24) is 9.71 Å². The highest BCUT2D eigenvalue weighted by Gasteiger charge is 2.18. The zero-order chi connectivity index (χ0) is 14.8. The summed E-state index contributed by atoms with van der Waals surface area (Å²) in [4.78, 5) is 4.01. The van der Waals surface area contributed by atoms with Gasteiger partial charge in [-0.15, -0.1) is 0 Å². The summed E-state index contributed by atoms with van der Waals surface area (Å²) in [5.74, 6) is 0. The van der Waals surface area contributed by atoms with E-state index in [2.05, 4.69) is 9.71 Å². The van der Waals surface area contributed by atoms with Crippen LogP contribution in [0.4, 0.5) is 5.69 Å². The second-order valence-electron chi connectivity index (χ2n) is 4.32. The molecule has 0 radical (unpaired) electrons. The molecule has 0 saturated carbocycles. The summed E-state index contributed by atoms with van der Waals surface area (Å²) in [6, 6.07) is 6.39. The molecule has 0 aliphatic carbocycles. The minimum absolute atomic E-state index is 0.133. The van der Waals surface area contributed by atoms with Crippen molar-refractivity contribution < 1.29 is 8.42 Å². The van der Waals surface area contributed by atoms with Gasteiger partial charge in [0.1, 0.15) is 0 Å². The minimum atomic E-state index is -3.64. The highest BCUT2D eigenvalue weighted by molar-refractivity contribution is 7.89. The highest BCUT2D eigenvalue weighted by Crippen LogP contribution is 2.26. The van der Waals surface area contributed by atoms with Crippen LogP contribution >= 0.6 is 11.6 Å². The van der Waals surface area contributed by atoms with Gasteiger partial charge in [0, 0.05) is 18.9 Å². The van der Waals surface area contributed by atoms with Crippen LogP contribution in [0.5, 0.6) is 0 Å². The lowest BCUT2D eigenvalue weighted by Crippen LogP contribution is -2.24. The van der Waals surface area contributed by atoms with Crippen LogP contribution in [0.1, 0.15) is 11.1 Å². The Hall–Kier alpha value is -1.63. The molecule has 1 heterocycles. The number of hydrogen-bond acceptors (Lipinski definition) is 4. The maximum Gasteiger partial charge on any atom is 0.241 e. The molecule has 7 heteroatoms. The largest absolute Gasteiger partial charge is 0.397 e. The molecular weight excluding hydrogens is 298 g/mol. The van der Waals surface area contributed by atoms with E-state index in [1.165, 1.54) is 12.1 Å². The number of benzene rings is 1. The number of nitrogens with two attached hydrogens (primary N) is 1. The average molecular weight is 312 g/mol. The van der Waals surface area contributed by atoms with Crippen molar-refractivity contribution in [3.05, 3.63) is 52.8 Å². The molecule has 0 amide bonds. The quantitative estimate of drug-likeness (QED) is 0.847. The van der Waals surface area contributed by atoms with Gasteiger partial charge in [0.2, 0.25) is 10.0 Å². The average Bonchev–Trinajstić information content (AvgIpc) is 2.42. The Labute approximate surface area is 122 Å². The molecule has 0 atom stereocenters. The monoisotopic (exact) mass is 311 g/mol. The van der Waals surface area contributed by atoms with Gasteiger partial charge in [-0.25, -0.2) is 13.1 Å². The Bertz CT molecular complexity index is 718. The van der Waals surface area contributed by atoms with Gasteiger partial charge in [-0.1, -0.05) is 11.6 Å². The maximum atomic E-state index is 12.3. The summed E-state index contributed by atoms with van der Waals surface area (Å²) >= 11 is 5.86. The van der Waals surface area contributed by atoms with E-state index < -0.39 is 10.0 Å². The summed E-state index contributed by atoms with van der Waals surface area (Å²) in [6.07, 6.45) is 3.21. The zero-order valence-electron chi connectivity index (χ0n) is 10.8. The van der Waals surface area contributed by atoms with Crippen LogP contribution in [0.15, 0.2) is 41.6 Å². The molecule has 0 spiro atoms. The molecule has 1 aromatic heterocycles. The third kappa shape index (κ3) is 3.27. The lowest BCUT2D eigenvalue weighted by molar-refractivity contribution is 0.580. The van der Waals surface area contributed by atoms with Gasteiger partial charge in [0.15, 0.2) is 0 Å². The number of nitrogens with one attached hydrogen (secondary N) is 1. The highest BCUT2D eigenvalue weighted by atomic mass is 35.5. The molecule has 0 unspecified atom stereocenters. The van der Waals surface area contributed by atoms with Gasteiger partial charge in [-0.3, -0.25) is 4.98 Å². The number of anilines is 1. The summed E-state index contributed by atoms with van der Waals surface area (Å²) in [7, 11) is -3.64. The van der Waals surface area contributed by atoms with E-state index in [4.69, 9.17) is 17.3 Å². The fourth-order valence-corrected chi connectivity index (χ4v) is 3.21. The summed E-state index contributed by atoms with van der Waals surface area (Å²) in [6.45, 7) is 1.86. The van der Waals surface area contributed by atoms with Crippen LogP contribution in [-0.2, 0) is 16.6 Å². The number of nitrogens with zero attached hydrogens (tertiary/aromatic N) is 1. The Morgan fingerprint density at radius 2 is 1.95 bits per heavy atom. The van der Waals surface area contributed by atoms with E-state index in [1.807, 2.05) is 0 Å². The van der Waals surface area contributed by atoms with Crippen molar-refractivity contribution in [3.63, 3.8) is 0 Å². The van der Waals surface area contributed by atoms with E-state index >= 15 is 0 Å². The van der Waals surface area contributed by atoms with Crippen LogP contribution in [0.2, 0.25) is 5.02 Å². The Balaban J connectivity index is 2.25. The second-order valence-corrected chi connectivity index (χ2v) is 6.46. The molecule has 0 aliphatic rings. The van der Waals surface area contributed by atoms with Gasteiger partial charge in [-0.05, 0) is 42.3 Å². The SMILES string of the molecule is Cc1cc(Cl)c(N)cc1S(=O)(=O)NCc1ccncc1. The summed E-state index contributed by atoms with van der Waals surface area (Å²) < 4.78 is 27.1. The smallest absolute Gasteiger partial charge is 0.241 e. The van der Waals surface area contributed by atoms with E-state index in [0.717, 1.165) is 5.56 Å². The first kappa shape index (κ1) is 14.8. The standard InChI is InChI=1S/C13H14ClN3O2S/c1-9-6-11(14)12(15)7-13(9)20(18,19)17-8-10-2-4-16-5-3-10/h2-7,17H,8,15H2,1H3. The maximum absolute atomic E-state index is 12.3. The van der Waals surface area contributed by atoms with Crippen molar-refractivity contribution in [2.45, 2.75) is 18.4 Å². The predicted octanol–water partition coefficient (Wildman–Crippen LogP) is 2.10. The van der Waals surface area contributed by atoms with E-state index in [0.29, 0.717) is 10.6 Å². The first-order valence-corrected chi connectivity index (χ1v) is 7.70. The number of aryl methyl sites for hydroxylation is 1. The summed E-state index contributed by atoms with van der Waals surface area (Å²) in [5, 5.41) is 0.343. The normalized spacial score (nSPS) is 11.5. The number of pyridine rings is 1. The Morgan fingerprint density at radius 3 is 2.60 bits per heavy atom. The molecular formula is C13H14ClN3O2S. The molecule has 0 aliphatic heterocycles. The van der Waals surface area contributed by atoms with Crippen molar-refractivity contribution in [2.24, 2.45) is 0 Å². The van der Waals surface area contributed by atoms with Crippen LogP contribution in [-0.4, -0.2) is 13.4 Å². The molecule has 5 nitrogen and oxygen atoms in total. The lowest BCUT2D eigenvalue weighted by atomic mass is 10.2. The van der Waals surface area contributed by atoms with Gasteiger partial charge in [0.05, 0.1) is 15.6 Å². The Kier molecular flexibility index (Phi) is 4.27. The van der Waals surface area contributed by atoms with Gasteiger partial charge in [-0.2, -0.15) is 0 Å². The van der Waals surface area contributed by atoms with E-state index in [-0.39, 0.29) is 17.1 Å². The minimum Gasteiger partial charge on any atom is -0.397 e. The molecule has 3 N–H and O–H groups in total. The third-order valence-corrected chi connectivity index (χ3v) is 4.67. The van der Waals surface area contributed by atoms with E-state index in [1.54, 1.807) is 31.5 Å². The van der Waals surface area contributed by atoms with Crippen LogP contribution < -0.4 is 10.5 Å². The second kappa shape index (κ2) is 5.78. The van der Waals surface area contributed by atoms with Crippen LogP contribution in [0.25, 0.3) is 0 Å². The van der Waals surface area contributed by atoms with Crippen LogP contribution in [0.3, 0.4) is 0 Å². The Morgan fingerprint density at radius 1 is 1.30 bits per heavy atom. The van der Waals surface area contributed by atoms with Crippen molar-refractivity contribution >= 4 is 27.3 Å². The number of hydrogen-bond donors (Lipinski definition) is 2. The molecule has 0 saturated heterocycles. The number of rotatable bonds is 4. The summed E-state index contributed by atoms with van der Waals surface area (Å²) in [5.41, 5.74) is 7.27. The molecule has 2 aromatic rings. The molecule has 2 rings (SSSR count). The molecule has 0 fully saturated rings. The number of sulfonamides is 1. The number of aromatic nitrogens is 1. The fourth-order valence-electron chi connectivity index (χ4n) is 1.71. The van der Waals surface area contributed by atoms with Crippen molar-refractivity contribution in [3.8, 4) is 0 Å². The molecule has 20 heavy (non-hydrogen) atoms. The third-order valence-electron chi connectivity index (χ3n) is 2.80. The van der Waals surface area contributed by atoms with Crippen molar-refractivity contribution in [1.29, 1.82) is 0 Å². The number of halogens is 1. The predicted molar refractivity (Wildman–Crippen MR) is 78.9 cm³/mol. The molecule has 0 bridgehead atoms. The van der Waals surface area contributed by atoms with Crippen molar-refractivity contribution in [2.75, 3.05) is 5.73 Å². The topological polar surface area (TPSA) is 85.1 Å². The van der Waals surface area contributed by atoms with Gasteiger partial charge < -0.3 is 5.73 Å². The van der Waals surface area contributed by atoms with Gasteiger partial charge >= 0.3 is 0 Å². The first-order chi connectivity index (χ1) is 9.40. The fraction of sp³-hybridized carbons (Fsp3) is 0.154. The number of nitrogen functional groups attached to an aromatic ring is 1. The van der Waals surface area contributed by atoms with Crippen LogP contribution in [0, 0.1) is 6.92 Å². The first-order valence-electron chi connectivity index (χ1n) is 5.84. The van der Waals surface area contributed by atoms with Gasteiger partial charge in [0.25, 0.3) is 0 Å². The zero-order valence-corrected chi connectivity index (χ0v) is 12.4. The lowest BCUT2D eigenvalue weighted by Gasteiger charge is -2.11. The molecule has 106 valence electrons.